The van der Waals surface area contributed by atoms with Crippen LogP contribution in [0, 0.1) is 0 Å². The molecule has 0 bridgehead atoms. The van der Waals surface area contributed by atoms with E-state index < -0.39 is 6.09 Å². The third-order valence-electron chi connectivity index (χ3n) is 2.63. The lowest BCUT2D eigenvalue weighted by molar-refractivity contribution is 0.150. The number of amides is 1. The molecule has 1 aliphatic heterocycles. The first kappa shape index (κ1) is 9.76. The molecule has 0 atom stereocenters. The second-order valence-corrected chi connectivity index (χ2v) is 3.60. The summed E-state index contributed by atoms with van der Waals surface area (Å²) in [6.45, 7) is 1.03. The number of hydrogen-bond donors (Lipinski definition) is 1. The van der Waals surface area contributed by atoms with Gasteiger partial charge in [0.25, 0.3) is 0 Å². The van der Waals surface area contributed by atoms with Crippen LogP contribution in [-0.4, -0.2) is 38.7 Å². The van der Waals surface area contributed by atoms with Gasteiger partial charge in [0, 0.05) is 20.1 Å². The van der Waals surface area contributed by atoms with E-state index in [2.05, 4.69) is 4.98 Å². The molecule has 0 unspecified atom stereocenters. The Labute approximate surface area is 87.6 Å². The van der Waals surface area contributed by atoms with E-state index in [9.17, 15) is 4.79 Å². The minimum atomic E-state index is -0.852. The van der Waals surface area contributed by atoms with Crippen molar-refractivity contribution in [2.24, 2.45) is 7.05 Å². The van der Waals surface area contributed by atoms with Gasteiger partial charge in [-0.2, -0.15) is 0 Å². The SMILES string of the molecule is Cn1cncc1C1=CCN(C(=O)O)CC1. The zero-order valence-corrected chi connectivity index (χ0v) is 8.55. The van der Waals surface area contributed by atoms with Crippen molar-refractivity contribution in [1.29, 1.82) is 0 Å². The minimum Gasteiger partial charge on any atom is -0.465 e. The molecule has 0 aliphatic carbocycles. The summed E-state index contributed by atoms with van der Waals surface area (Å²) in [5, 5.41) is 8.79. The Balaban J connectivity index is 2.15. The molecule has 0 spiro atoms. The lowest BCUT2D eigenvalue weighted by atomic mass is 10.1. The molecule has 2 rings (SSSR count). The molecule has 0 fully saturated rings. The zero-order chi connectivity index (χ0) is 10.8. The molecule has 1 aromatic rings. The molecule has 5 nitrogen and oxygen atoms in total. The van der Waals surface area contributed by atoms with Crippen molar-refractivity contribution < 1.29 is 9.90 Å². The van der Waals surface area contributed by atoms with E-state index in [4.69, 9.17) is 5.11 Å². The van der Waals surface area contributed by atoms with Crippen LogP contribution in [-0.2, 0) is 7.05 Å². The fraction of sp³-hybridized carbons (Fsp3) is 0.400. The van der Waals surface area contributed by atoms with Crippen LogP contribution in [0.3, 0.4) is 0 Å². The lowest BCUT2D eigenvalue weighted by Gasteiger charge is -2.23. The first-order valence-electron chi connectivity index (χ1n) is 4.82. The molecule has 0 radical (unpaired) electrons. The summed E-state index contributed by atoms with van der Waals surface area (Å²) < 4.78 is 1.95. The summed E-state index contributed by atoms with van der Waals surface area (Å²) >= 11 is 0. The van der Waals surface area contributed by atoms with Crippen molar-refractivity contribution in [3.8, 4) is 0 Å². The third-order valence-corrected chi connectivity index (χ3v) is 2.63. The highest BCUT2D eigenvalue weighted by Gasteiger charge is 2.17. The van der Waals surface area contributed by atoms with Crippen molar-refractivity contribution in [2.75, 3.05) is 13.1 Å². The fourth-order valence-electron chi connectivity index (χ4n) is 1.74. The first-order valence-corrected chi connectivity index (χ1v) is 4.82. The Morgan fingerprint density at radius 3 is 2.87 bits per heavy atom. The van der Waals surface area contributed by atoms with Gasteiger partial charge in [0.05, 0.1) is 18.2 Å². The predicted molar refractivity (Wildman–Crippen MR) is 55.4 cm³/mol. The Morgan fingerprint density at radius 2 is 2.40 bits per heavy atom. The van der Waals surface area contributed by atoms with Crippen LogP contribution in [0.4, 0.5) is 4.79 Å². The van der Waals surface area contributed by atoms with Crippen LogP contribution in [0.15, 0.2) is 18.6 Å². The van der Waals surface area contributed by atoms with Crippen LogP contribution >= 0.6 is 0 Å². The highest BCUT2D eigenvalue weighted by molar-refractivity contribution is 5.69. The summed E-state index contributed by atoms with van der Waals surface area (Å²) in [5.74, 6) is 0. The van der Waals surface area contributed by atoms with Gasteiger partial charge in [-0.15, -0.1) is 0 Å². The highest BCUT2D eigenvalue weighted by atomic mass is 16.4. The van der Waals surface area contributed by atoms with Gasteiger partial charge < -0.3 is 14.6 Å². The molecular formula is C10H13N3O2. The zero-order valence-electron chi connectivity index (χ0n) is 8.55. The van der Waals surface area contributed by atoms with Crippen molar-refractivity contribution in [3.05, 3.63) is 24.3 Å². The Hall–Kier alpha value is -1.78. The number of aromatic nitrogens is 2. The van der Waals surface area contributed by atoms with Crippen molar-refractivity contribution in [1.82, 2.24) is 14.5 Å². The number of rotatable bonds is 1. The monoisotopic (exact) mass is 207 g/mol. The first-order chi connectivity index (χ1) is 7.18. The molecule has 80 valence electrons. The van der Waals surface area contributed by atoms with Gasteiger partial charge in [-0.3, -0.25) is 0 Å². The average molecular weight is 207 g/mol. The maximum atomic E-state index is 10.7. The summed E-state index contributed by atoms with van der Waals surface area (Å²) in [6.07, 6.45) is 5.41. The molecule has 1 amide bonds. The summed E-state index contributed by atoms with van der Waals surface area (Å²) in [5.41, 5.74) is 2.24. The highest BCUT2D eigenvalue weighted by Crippen LogP contribution is 2.21. The molecule has 0 saturated heterocycles. The Bertz CT molecular complexity index is 409. The standard InChI is InChI=1S/C10H13N3O2/c1-12-7-11-6-9(12)8-2-4-13(5-3-8)10(14)15/h2,6-7H,3-5H2,1H3,(H,14,15). The predicted octanol–water partition coefficient (Wildman–Crippen LogP) is 1.19. The summed E-state index contributed by atoms with van der Waals surface area (Å²) in [7, 11) is 1.94. The molecule has 1 N–H and O–H groups in total. The number of hydrogen-bond acceptors (Lipinski definition) is 2. The normalized spacial score (nSPS) is 16.3. The topological polar surface area (TPSA) is 58.4 Å². The molecule has 2 heterocycles. The molecule has 1 aliphatic rings. The maximum Gasteiger partial charge on any atom is 0.407 e. The van der Waals surface area contributed by atoms with Crippen LogP contribution in [0.1, 0.15) is 12.1 Å². The molecule has 0 aromatic carbocycles. The van der Waals surface area contributed by atoms with E-state index in [0.29, 0.717) is 13.1 Å². The Morgan fingerprint density at radius 1 is 1.60 bits per heavy atom. The van der Waals surface area contributed by atoms with Crippen molar-refractivity contribution in [3.63, 3.8) is 0 Å². The largest absolute Gasteiger partial charge is 0.465 e. The third kappa shape index (κ3) is 1.86. The van der Waals surface area contributed by atoms with Gasteiger partial charge in [-0.1, -0.05) is 6.08 Å². The summed E-state index contributed by atoms with van der Waals surface area (Å²) in [6, 6.07) is 0. The van der Waals surface area contributed by atoms with E-state index in [0.717, 1.165) is 12.1 Å². The lowest BCUT2D eigenvalue weighted by Crippen LogP contribution is -2.33. The van der Waals surface area contributed by atoms with E-state index in [1.54, 1.807) is 6.33 Å². The van der Waals surface area contributed by atoms with Crippen LogP contribution in [0.5, 0.6) is 0 Å². The van der Waals surface area contributed by atoms with Crippen molar-refractivity contribution in [2.45, 2.75) is 6.42 Å². The summed E-state index contributed by atoms with van der Waals surface area (Å²) in [4.78, 5) is 16.1. The van der Waals surface area contributed by atoms with Crippen molar-refractivity contribution >= 4 is 11.7 Å². The van der Waals surface area contributed by atoms with Crippen LogP contribution in [0.25, 0.3) is 5.57 Å². The number of carboxylic acid groups (broad SMARTS) is 1. The smallest absolute Gasteiger partial charge is 0.407 e. The number of imidazole rings is 1. The van der Waals surface area contributed by atoms with E-state index in [-0.39, 0.29) is 0 Å². The molecule has 5 heteroatoms. The quantitative estimate of drug-likeness (QED) is 0.752. The van der Waals surface area contributed by atoms with E-state index >= 15 is 0 Å². The average Bonchev–Trinajstić information content (AvgIpc) is 2.65. The second-order valence-electron chi connectivity index (χ2n) is 3.60. The second kappa shape index (κ2) is 3.76. The van der Waals surface area contributed by atoms with E-state index in [1.807, 2.05) is 23.9 Å². The van der Waals surface area contributed by atoms with Gasteiger partial charge in [0.1, 0.15) is 0 Å². The van der Waals surface area contributed by atoms with Gasteiger partial charge in [0.15, 0.2) is 0 Å². The fourth-order valence-corrected chi connectivity index (χ4v) is 1.74. The number of nitrogens with zero attached hydrogens (tertiary/aromatic N) is 3. The van der Waals surface area contributed by atoms with Gasteiger partial charge in [-0.25, -0.2) is 9.78 Å². The van der Waals surface area contributed by atoms with Crippen LogP contribution in [0.2, 0.25) is 0 Å². The van der Waals surface area contributed by atoms with Crippen LogP contribution < -0.4 is 0 Å². The molecule has 15 heavy (non-hydrogen) atoms. The van der Waals surface area contributed by atoms with E-state index in [1.165, 1.54) is 10.5 Å². The van der Waals surface area contributed by atoms with Gasteiger partial charge in [0.2, 0.25) is 0 Å². The van der Waals surface area contributed by atoms with Gasteiger partial charge in [-0.05, 0) is 12.0 Å². The van der Waals surface area contributed by atoms with Gasteiger partial charge >= 0.3 is 6.09 Å². The Kier molecular flexibility index (Phi) is 2.45. The minimum absolute atomic E-state index is 0.468. The molecule has 1 aromatic heterocycles. The maximum absolute atomic E-state index is 10.7. The molecule has 0 saturated carbocycles. The number of aryl methyl sites for hydroxylation is 1. The number of carbonyl (C=O) groups is 1. The molecular weight excluding hydrogens is 194 g/mol.